The zero-order valence-electron chi connectivity index (χ0n) is 5.96. The van der Waals surface area contributed by atoms with Crippen LogP contribution in [0.15, 0.2) is 15.9 Å². The van der Waals surface area contributed by atoms with Gasteiger partial charge in [-0.1, -0.05) is 0 Å². The van der Waals surface area contributed by atoms with Crippen LogP contribution < -0.4 is 5.73 Å². The van der Waals surface area contributed by atoms with Crippen LogP contribution in [0, 0.1) is 0 Å². The fraction of sp³-hybridized carbons (Fsp3) is 0.429. The second kappa shape index (κ2) is 4.21. The third-order valence-electron chi connectivity index (χ3n) is 1.39. The molecule has 1 unspecified atom stereocenters. The average Bonchev–Trinajstić information content (AvgIpc) is 2.36. The molecular formula is C7H10BrNOS. The Balaban J connectivity index is 2.60. The summed E-state index contributed by atoms with van der Waals surface area (Å²) in [6.07, 6.45) is 0.632. The van der Waals surface area contributed by atoms with Crippen molar-refractivity contribution in [2.24, 2.45) is 5.73 Å². The first-order valence-electron chi connectivity index (χ1n) is 3.34. The molecule has 62 valence electrons. The highest BCUT2D eigenvalue weighted by Gasteiger charge is 2.06. The summed E-state index contributed by atoms with van der Waals surface area (Å²) >= 11 is 4.96. The first-order valence-corrected chi connectivity index (χ1v) is 5.01. The van der Waals surface area contributed by atoms with E-state index in [0.717, 1.165) is 9.35 Å². The molecule has 1 atom stereocenters. The lowest BCUT2D eigenvalue weighted by molar-refractivity contribution is 0.277. The van der Waals surface area contributed by atoms with Gasteiger partial charge in [-0.15, -0.1) is 11.3 Å². The minimum absolute atomic E-state index is 0.0173. The summed E-state index contributed by atoms with van der Waals surface area (Å²) in [6.45, 7) is 0.149. The lowest BCUT2D eigenvalue weighted by Crippen LogP contribution is -2.09. The molecule has 0 amide bonds. The maximum atomic E-state index is 8.62. The van der Waals surface area contributed by atoms with Crippen LogP contribution in [-0.2, 0) is 0 Å². The van der Waals surface area contributed by atoms with Crippen LogP contribution in [0.1, 0.15) is 17.3 Å². The summed E-state index contributed by atoms with van der Waals surface area (Å²) in [5, 5.41) is 10.6. The molecule has 11 heavy (non-hydrogen) atoms. The molecule has 0 fully saturated rings. The fourth-order valence-electron chi connectivity index (χ4n) is 0.804. The Morgan fingerprint density at radius 2 is 2.45 bits per heavy atom. The van der Waals surface area contributed by atoms with Crippen LogP contribution in [0.2, 0.25) is 0 Å². The molecular weight excluding hydrogens is 226 g/mol. The quantitative estimate of drug-likeness (QED) is 0.841. The van der Waals surface area contributed by atoms with Gasteiger partial charge in [-0.05, 0) is 28.4 Å². The minimum Gasteiger partial charge on any atom is -0.396 e. The Bertz CT molecular complexity index is 226. The maximum Gasteiger partial charge on any atom is 0.0449 e. The van der Waals surface area contributed by atoms with Crippen molar-refractivity contribution in [1.29, 1.82) is 0 Å². The fourth-order valence-corrected chi connectivity index (χ4v) is 2.29. The molecule has 0 aliphatic heterocycles. The lowest BCUT2D eigenvalue weighted by Gasteiger charge is -2.05. The molecule has 0 aliphatic carbocycles. The highest BCUT2D eigenvalue weighted by Crippen LogP contribution is 2.25. The highest BCUT2D eigenvalue weighted by molar-refractivity contribution is 9.10. The van der Waals surface area contributed by atoms with Gasteiger partial charge >= 0.3 is 0 Å². The van der Waals surface area contributed by atoms with Gasteiger partial charge in [0.1, 0.15) is 0 Å². The topological polar surface area (TPSA) is 46.2 Å². The molecule has 0 aromatic carbocycles. The third-order valence-corrected chi connectivity index (χ3v) is 3.22. The predicted octanol–water partition coefficient (Wildman–Crippen LogP) is 1.89. The van der Waals surface area contributed by atoms with Gasteiger partial charge in [0.2, 0.25) is 0 Å². The van der Waals surface area contributed by atoms with Crippen LogP contribution in [0.5, 0.6) is 0 Å². The number of hydrogen-bond acceptors (Lipinski definition) is 3. The summed E-state index contributed by atoms with van der Waals surface area (Å²) < 4.78 is 1.06. The van der Waals surface area contributed by atoms with Gasteiger partial charge in [-0.3, -0.25) is 0 Å². The predicted molar refractivity (Wildman–Crippen MR) is 50.7 cm³/mol. The van der Waals surface area contributed by atoms with E-state index in [2.05, 4.69) is 15.9 Å². The van der Waals surface area contributed by atoms with Gasteiger partial charge in [0, 0.05) is 27.4 Å². The normalized spacial score (nSPS) is 13.4. The maximum absolute atomic E-state index is 8.62. The second-order valence-electron chi connectivity index (χ2n) is 2.29. The van der Waals surface area contributed by atoms with E-state index in [9.17, 15) is 0 Å². The van der Waals surface area contributed by atoms with Crippen molar-refractivity contribution in [3.8, 4) is 0 Å². The number of rotatable bonds is 3. The monoisotopic (exact) mass is 235 g/mol. The SMILES string of the molecule is NC(CCO)c1cc(Br)cs1. The molecule has 0 radical (unpaired) electrons. The van der Waals surface area contributed by atoms with Crippen molar-refractivity contribution in [3.63, 3.8) is 0 Å². The number of halogens is 1. The van der Waals surface area contributed by atoms with Crippen molar-refractivity contribution in [1.82, 2.24) is 0 Å². The lowest BCUT2D eigenvalue weighted by atomic mass is 10.2. The zero-order valence-corrected chi connectivity index (χ0v) is 8.36. The summed E-state index contributed by atoms with van der Waals surface area (Å²) in [6, 6.07) is 1.97. The van der Waals surface area contributed by atoms with Crippen LogP contribution >= 0.6 is 27.3 Å². The first-order chi connectivity index (χ1) is 5.24. The smallest absolute Gasteiger partial charge is 0.0449 e. The Morgan fingerprint density at radius 3 is 2.91 bits per heavy atom. The van der Waals surface area contributed by atoms with Crippen LogP contribution in [0.25, 0.3) is 0 Å². The van der Waals surface area contributed by atoms with E-state index in [1.807, 2.05) is 11.4 Å². The van der Waals surface area contributed by atoms with Crippen LogP contribution in [0.3, 0.4) is 0 Å². The first kappa shape index (κ1) is 9.19. The summed E-state index contributed by atoms with van der Waals surface area (Å²) in [5.74, 6) is 0. The Hall–Kier alpha value is 0.1000. The molecule has 0 saturated heterocycles. The second-order valence-corrected chi connectivity index (χ2v) is 4.14. The van der Waals surface area contributed by atoms with Gasteiger partial charge in [-0.25, -0.2) is 0 Å². The molecule has 0 spiro atoms. The molecule has 0 aliphatic rings. The number of thiophene rings is 1. The Morgan fingerprint density at radius 1 is 1.73 bits per heavy atom. The van der Waals surface area contributed by atoms with E-state index in [0.29, 0.717) is 6.42 Å². The summed E-state index contributed by atoms with van der Waals surface area (Å²) in [4.78, 5) is 1.12. The molecule has 0 bridgehead atoms. The van der Waals surface area contributed by atoms with Gasteiger partial charge in [-0.2, -0.15) is 0 Å². The highest BCUT2D eigenvalue weighted by atomic mass is 79.9. The molecule has 3 N–H and O–H groups in total. The Kier molecular flexibility index (Phi) is 3.51. The standard InChI is InChI=1S/C7H10BrNOS/c8-5-3-7(11-4-5)6(9)1-2-10/h3-4,6,10H,1-2,9H2. The summed E-state index contributed by atoms with van der Waals surface area (Å²) in [5.41, 5.74) is 5.75. The molecule has 0 saturated carbocycles. The number of nitrogens with two attached hydrogens (primary N) is 1. The molecule has 1 aromatic rings. The van der Waals surface area contributed by atoms with Crippen molar-refractivity contribution in [2.45, 2.75) is 12.5 Å². The third kappa shape index (κ3) is 2.56. The van der Waals surface area contributed by atoms with Crippen molar-refractivity contribution >= 4 is 27.3 Å². The van der Waals surface area contributed by atoms with Gasteiger partial charge in [0.05, 0.1) is 0 Å². The van der Waals surface area contributed by atoms with Gasteiger partial charge in [0.25, 0.3) is 0 Å². The molecule has 2 nitrogen and oxygen atoms in total. The number of hydrogen-bond donors (Lipinski definition) is 2. The summed E-state index contributed by atoms with van der Waals surface area (Å²) in [7, 11) is 0. The molecule has 1 aromatic heterocycles. The van der Waals surface area contributed by atoms with E-state index < -0.39 is 0 Å². The van der Waals surface area contributed by atoms with E-state index >= 15 is 0 Å². The largest absolute Gasteiger partial charge is 0.396 e. The van der Waals surface area contributed by atoms with Crippen molar-refractivity contribution in [2.75, 3.05) is 6.61 Å². The van der Waals surface area contributed by atoms with Crippen molar-refractivity contribution < 1.29 is 5.11 Å². The molecule has 1 heterocycles. The Labute approximate surface area is 78.2 Å². The minimum atomic E-state index is -0.0173. The van der Waals surface area contributed by atoms with Crippen LogP contribution in [-0.4, -0.2) is 11.7 Å². The zero-order chi connectivity index (χ0) is 8.27. The average molecular weight is 236 g/mol. The van der Waals surface area contributed by atoms with E-state index in [1.165, 1.54) is 0 Å². The van der Waals surface area contributed by atoms with Gasteiger partial charge in [0.15, 0.2) is 0 Å². The van der Waals surface area contributed by atoms with Crippen LogP contribution in [0.4, 0.5) is 0 Å². The molecule has 1 rings (SSSR count). The van der Waals surface area contributed by atoms with E-state index in [-0.39, 0.29) is 12.6 Å². The number of aliphatic hydroxyl groups is 1. The molecule has 4 heteroatoms. The van der Waals surface area contributed by atoms with E-state index in [4.69, 9.17) is 10.8 Å². The van der Waals surface area contributed by atoms with Crippen molar-refractivity contribution in [3.05, 3.63) is 20.8 Å². The van der Waals surface area contributed by atoms with E-state index in [1.54, 1.807) is 11.3 Å². The number of aliphatic hydroxyl groups excluding tert-OH is 1. The van der Waals surface area contributed by atoms with Gasteiger partial charge < -0.3 is 10.8 Å².